The minimum atomic E-state index is -0.691. The van der Waals surface area contributed by atoms with Crippen molar-refractivity contribution in [3.63, 3.8) is 0 Å². The maximum Gasteiger partial charge on any atom is 0.165 e. The molecule has 5 heteroatoms. The molecule has 0 aromatic heterocycles. The van der Waals surface area contributed by atoms with E-state index in [-0.39, 0.29) is 36.8 Å². The van der Waals surface area contributed by atoms with Gasteiger partial charge in [0.1, 0.15) is 0 Å². The Morgan fingerprint density at radius 1 is 1.64 bits per heavy atom. The Labute approximate surface area is 86.1 Å². The van der Waals surface area contributed by atoms with E-state index in [0.29, 0.717) is 0 Å². The van der Waals surface area contributed by atoms with Crippen LogP contribution in [-0.4, -0.2) is 4.92 Å². The van der Waals surface area contributed by atoms with Gasteiger partial charge in [0.15, 0.2) is 5.69 Å². The number of hydrogen-bond acceptors (Lipinski definition) is 2. The van der Waals surface area contributed by atoms with Gasteiger partial charge < -0.3 is 0 Å². The Morgan fingerprint density at radius 2 is 2.27 bits per heavy atom. The van der Waals surface area contributed by atoms with Crippen molar-refractivity contribution < 1.29 is 40.4 Å². The van der Waals surface area contributed by atoms with E-state index in [0.717, 1.165) is 12.1 Å². The molecule has 0 saturated heterocycles. The topological polar surface area (TPSA) is 43.1 Å². The van der Waals surface area contributed by atoms with Crippen LogP contribution >= 0.6 is 0 Å². The van der Waals surface area contributed by atoms with E-state index in [1.54, 1.807) is 0 Å². The number of benzene rings is 1. The van der Waals surface area contributed by atoms with E-state index in [2.05, 4.69) is 6.07 Å². The van der Waals surface area contributed by atoms with Gasteiger partial charge in [-0.15, -0.1) is 12.1 Å². The Hall–Kier alpha value is -0.398. The fraction of sp³-hybridized carbons (Fsp3) is 0. The summed E-state index contributed by atoms with van der Waals surface area (Å²) < 4.78 is 12.2. The zero-order valence-corrected chi connectivity index (χ0v) is 9.54. The number of nitro groups is 1. The summed E-state index contributed by atoms with van der Waals surface area (Å²) in [5.41, 5.74) is -0.347. The van der Waals surface area contributed by atoms with Gasteiger partial charge in [-0.1, -0.05) is 6.07 Å². The molecule has 0 aliphatic carbocycles. The van der Waals surface area contributed by atoms with Crippen LogP contribution < -0.4 is 0 Å². The molecule has 0 N–H and O–H groups in total. The molecule has 0 spiro atoms. The molecule has 0 fully saturated rings. The SMILES string of the molecule is O=[N+]([O-])c1[c-]ccc(F)c1.[U]. The van der Waals surface area contributed by atoms with Gasteiger partial charge in [0.2, 0.25) is 0 Å². The van der Waals surface area contributed by atoms with E-state index >= 15 is 0 Å². The monoisotopic (exact) mass is 378 g/mol. The molecule has 3 nitrogen and oxygen atoms in total. The summed E-state index contributed by atoms with van der Waals surface area (Å²) in [6, 6.07) is 5.37. The zero-order chi connectivity index (χ0) is 7.56. The van der Waals surface area contributed by atoms with Gasteiger partial charge in [-0.3, -0.25) is 10.1 Å². The molecule has 56 valence electrons. The molecule has 0 atom stereocenters. The molecule has 0 saturated carbocycles. The average molecular weight is 378 g/mol. The first-order chi connectivity index (χ1) is 4.70. The Kier molecular flexibility index (Phi) is 4.31. The maximum atomic E-state index is 12.2. The van der Waals surface area contributed by atoms with Crippen LogP contribution in [-0.2, 0) is 0 Å². The molecule has 11 heavy (non-hydrogen) atoms. The number of rotatable bonds is 1. The Balaban J connectivity index is 0.000001000. The molecule has 1 rings (SSSR count). The molecule has 1 aromatic carbocycles. The predicted molar refractivity (Wildman–Crippen MR) is 31.9 cm³/mol. The summed E-state index contributed by atoms with van der Waals surface area (Å²) in [6.07, 6.45) is 0. The third-order valence-corrected chi connectivity index (χ3v) is 0.945. The fourth-order valence-corrected chi connectivity index (χ4v) is 0.532. The summed E-state index contributed by atoms with van der Waals surface area (Å²) in [6.45, 7) is 0. The first-order valence-corrected chi connectivity index (χ1v) is 2.52. The van der Waals surface area contributed by atoms with Crippen molar-refractivity contribution in [2.45, 2.75) is 0 Å². The van der Waals surface area contributed by atoms with Crippen molar-refractivity contribution in [2.24, 2.45) is 0 Å². The number of nitrogens with zero attached hydrogens (tertiary/aromatic N) is 1. The quantitative estimate of drug-likeness (QED) is 0.423. The number of halogens is 1. The Morgan fingerprint density at radius 3 is 2.64 bits per heavy atom. The van der Waals surface area contributed by atoms with Gasteiger partial charge in [-0.2, -0.15) is 6.07 Å². The standard InChI is InChI=1S/C6H3FNO2.U/c7-5-2-1-3-6(4-5)8(9)10;/h1-2,4H;/q-1;. The smallest absolute Gasteiger partial charge is 0.165 e. The molecular formula is C6H3FNO2U-. The van der Waals surface area contributed by atoms with Crippen molar-refractivity contribution in [1.29, 1.82) is 0 Å². The third-order valence-electron chi connectivity index (χ3n) is 0.945. The summed E-state index contributed by atoms with van der Waals surface area (Å²) in [5.74, 6) is -0.620. The second kappa shape index (κ2) is 4.47. The average Bonchev–Trinajstić information content (AvgIpc) is 1.88. The van der Waals surface area contributed by atoms with E-state index in [1.165, 1.54) is 6.07 Å². The Bertz CT molecular complexity index is 267. The van der Waals surface area contributed by atoms with Gasteiger partial charge >= 0.3 is 0 Å². The van der Waals surface area contributed by atoms with Crippen LogP contribution in [0.5, 0.6) is 0 Å². The van der Waals surface area contributed by atoms with Crippen molar-refractivity contribution >= 4 is 5.69 Å². The van der Waals surface area contributed by atoms with Crippen molar-refractivity contribution in [3.8, 4) is 0 Å². The predicted octanol–water partition coefficient (Wildman–Crippen LogP) is 1.53. The summed E-state index contributed by atoms with van der Waals surface area (Å²) >= 11 is 0. The fourth-order valence-electron chi connectivity index (χ4n) is 0.532. The first kappa shape index (κ1) is 10.6. The summed E-state index contributed by atoms with van der Waals surface area (Å²) in [5, 5.41) is 9.96. The van der Waals surface area contributed by atoms with Gasteiger partial charge in [0, 0.05) is 41.9 Å². The molecule has 0 aliphatic heterocycles. The maximum absolute atomic E-state index is 12.2. The molecular weight excluding hydrogens is 375 g/mol. The van der Waals surface area contributed by atoms with Gasteiger partial charge in [0.25, 0.3) is 0 Å². The molecule has 0 aliphatic rings. The van der Waals surface area contributed by atoms with Crippen LogP contribution in [0.25, 0.3) is 0 Å². The van der Waals surface area contributed by atoms with Crippen LogP contribution in [0.15, 0.2) is 18.2 Å². The van der Waals surface area contributed by atoms with Crippen LogP contribution in [0.4, 0.5) is 10.1 Å². The van der Waals surface area contributed by atoms with Crippen molar-refractivity contribution in [3.05, 3.63) is 40.2 Å². The van der Waals surface area contributed by atoms with E-state index in [4.69, 9.17) is 0 Å². The van der Waals surface area contributed by atoms with E-state index < -0.39 is 10.7 Å². The van der Waals surface area contributed by atoms with Crippen LogP contribution in [0, 0.1) is 53.1 Å². The second-order valence-corrected chi connectivity index (χ2v) is 1.65. The largest absolute Gasteiger partial charge is 0.260 e. The molecule has 0 amide bonds. The first-order valence-electron chi connectivity index (χ1n) is 2.52. The summed E-state index contributed by atoms with van der Waals surface area (Å²) in [7, 11) is 0. The van der Waals surface area contributed by atoms with Crippen LogP contribution in [0.2, 0.25) is 0 Å². The molecule has 0 unspecified atom stereocenters. The molecule has 0 bridgehead atoms. The van der Waals surface area contributed by atoms with Gasteiger partial charge in [-0.05, 0) is 0 Å². The second-order valence-electron chi connectivity index (χ2n) is 1.65. The normalized spacial score (nSPS) is 8.45. The van der Waals surface area contributed by atoms with E-state index in [1.807, 2.05) is 0 Å². The molecule has 0 radical (unpaired) electrons. The minimum absolute atomic E-state index is 0. The van der Waals surface area contributed by atoms with E-state index in [9.17, 15) is 14.5 Å². The minimum Gasteiger partial charge on any atom is -0.260 e. The van der Waals surface area contributed by atoms with Crippen LogP contribution in [0.3, 0.4) is 0 Å². The molecule has 0 heterocycles. The van der Waals surface area contributed by atoms with Gasteiger partial charge in [-0.25, -0.2) is 4.39 Å². The number of hydrogen-bond donors (Lipinski definition) is 0. The zero-order valence-electron chi connectivity index (χ0n) is 5.37. The third kappa shape index (κ3) is 3.00. The summed E-state index contributed by atoms with van der Waals surface area (Å²) in [4.78, 5) is 9.27. The van der Waals surface area contributed by atoms with Crippen LogP contribution in [0.1, 0.15) is 0 Å². The number of nitro benzene ring substituents is 1. The van der Waals surface area contributed by atoms with Crippen molar-refractivity contribution in [1.82, 2.24) is 0 Å². The number of non-ortho nitro benzene ring substituents is 1. The van der Waals surface area contributed by atoms with Crippen molar-refractivity contribution in [2.75, 3.05) is 0 Å². The molecule has 1 aromatic rings. The van der Waals surface area contributed by atoms with Gasteiger partial charge in [0.05, 0.1) is 0 Å².